The minimum absolute atomic E-state index is 0.0199. The second kappa shape index (κ2) is 5.89. The van der Waals surface area contributed by atoms with Crippen LogP contribution in [0.5, 0.6) is 0 Å². The van der Waals surface area contributed by atoms with Crippen molar-refractivity contribution in [3.8, 4) is 0 Å². The lowest BCUT2D eigenvalue weighted by atomic mass is 10.1. The summed E-state index contributed by atoms with van der Waals surface area (Å²) in [4.78, 5) is 14.4. The van der Waals surface area contributed by atoms with Gasteiger partial charge in [0.1, 0.15) is 5.58 Å². The van der Waals surface area contributed by atoms with Gasteiger partial charge in [-0.1, -0.05) is 18.2 Å². The Morgan fingerprint density at radius 1 is 1.30 bits per heavy atom. The van der Waals surface area contributed by atoms with Gasteiger partial charge in [0.15, 0.2) is 5.76 Å². The molecule has 1 aliphatic rings. The molecule has 4 nitrogen and oxygen atoms in total. The summed E-state index contributed by atoms with van der Waals surface area (Å²) in [6, 6.07) is 7.83. The Morgan fingerprint density at radius 2 is 2.05 bits per heavy atom. The molecule has 0 unspecified atom stereocenters. The molecule has 0 saturated carbocycles. The minimum atomic E-state index is -0.0199. The zero-order chi connectivity index (χ0) is 13.9. The van der Waals surface area contributed by atoms with E-state index in [-0.39, 0.29) is 5.91 Å². The van der Waals surface area contributed by atoms with Gasteiger partial charge in [-0.05, 0) is 12.3 Å². The van der Waals surface area contributed by atoms with Crippen LogP contribution in [0.1, 0.15) is 16.1 Å². The highest BCUT2D eigenvalue weighted by molar-refractivity contribution is 7.97. The van der Waals surface area contributed by atoms with Gasteiger partial charge in [-0.3, -0.25) is 4.79 Å². The van der Waals surface area contributed by atoms with Crippen molar-refractivity contribution < 1.29 is 13.9 Å². The minimum Gasteiger partial charge on any atom is -0.451 e. The molecule has 0 spiro atoms. The molecule has 0 bridgehead atoms. The molecule has 2 aromatic rings. The highest BCUT2D eigenvalue weighted by atomic mass is 32.2. The smallest absolute Gasteiger partial charge is 0.290 e. The molecule has 1 aromatic carbocycles. The van der Waals surface area contributed by atoms with E-state index in [2.05, 4.69) is 0 Å². The first kappa shape index (κ1) is 13.5. The zero-order valence-electron chi connectivity index (χ0n) is 11.4. The maximum absolute atomic E-state index is 12.6. The van der Waals surface area contributed by atoms with Crippen LogP contribution in [0.2, 0.25) is 0 Å². The summed E-state index contributed by atoms with van der Waals surface area (Å²) in [5, 5.41) is 1.04. The van der Waals surface area contributed by atoms with Crippen LogP contribution in [-0.4, -0.2) is 43.4 Å². The number of nitrogens with zero attached hydrogens (tertiary/aromatic N) is 1. The quantitative estimate of drug-likeness (QED) is 0.872. The number of thioether (sulfide) groups is 1. The van der Waals surface area contributed by atoms with E-state index in [0.717, 1.165) is 22.3 Å². The first-order chi connectivity index (χ1) is 9.81. The molecule has 106 valence electrons. The van der Waals surface area contributed by atoms with E-state index in [1.54, 1.807) is 11.8 Å². The summed E-state index contributed by atoms with van der Waals surface area (Å²) in [6.45, 7) is 2.47. The number of morpholine rings is 1. The normalized spacial score (nSPS) is 15.8. The van der Waals surface area contributed by atoms with E-state index in [1.807, 2.05) is 35.4 Å². The Hall–Kier alpha value is -1.46. The van der Waals surface area contributed by atoms with Gasteiger partial charge >= 0.3 is 0 Å². The number of ether oxygens (including phenoxy) is 1. The maximum atomic E-state index is 12.6. The molecule has 1 aromatic heterocycles. The predicted molar refractivity (Wildman–Crippen MR) is 80.2 cm³/mol. The number of benzene rings is 1. The molecule has 0 N–H and O–H groups in total. The van der Waals surface area contributed by atoms with Crippen molar-refractivity contribution in [3.63, 3.8) is 0 Å². The van der Waals surface area contributed by atoms with Crippen molar-refractivity contribution in [2.75, 3.05) is 32.6 Å². The molecule has 0 atom stereocenters. The molecule has 20 heavy (non-hydrogen) atoms. The number of fused-ring (bicyclic) bond motifs is 1. The molecule has 0 aliphatic carbocycles. The first-order valence-electron chi connectivity index (χ1n) is 6.67. The molecular formula is C15H17NO3S. The third-order valence-corrected chi connectivity index (χ3v) is 4.06. The second-order valence-electron chi connectivity index (χ2n) is 4.74. The Morgan fingerprint density at radius 3 is 2.80 bits per heavy atom. The number of carbonyl (C=O) groups excluding carboxylic acids is 1. The topological polar surface area (TPSA) is 42.7 Å². The molecule has 1 amide bonds. The molecule has 2 heterocycles. The average molecular weight is 291 g/mol. The number of carbonyl (C=O) groups is 1. The number of amides is 1. The number of hydrogen-bond donors (Lipinski definition) is 0. The van der Waals surface area contributed by atoms with Gasteiger partial charge in [-0.2, -0.15) is 11.8 Å². The van der Waals surface area contributed by atoms with Crippen molar-refractivity contribution in [2.24, 2.45) is 0 Å². The maximum Gasteiger partial charge on any atom is 0.290 e. The Kier molecular flexibility index (Phi) is 3.98. The highest BCUT2D eigenvalue weighted by Gasteiger charge is 2.25. The van der Waals surface area contributed by atoms with Gasteiger partial charge in [0.05, 0.1) is 13.2 Å². The summed E-state index contributed by atoms with van der Waals surface area (Å²) in [7, 11) is 0. The van der Waals surface area contributed by atoms with Gasteiger partial charge in [0.25, 0.3) is 5.91 Å². The summed E-state index contributed by atoms with van der Waals surface area (Å²) in [5.74, 6) is 1.25. The SMILES string of the molecule is CSCc1c(C(=O)N2CCOCC2)oc2ccccc12. The molecule has 1 saturated heterocycles. The van der Waals surface area contributed by atoms with E-state index in [9.17, 15) is 4.79 Å². The third-order valence-electron chi connectivity index (χ3n) is 3.48. The van der Waals surface area contributed by atoms with Crippen LogP contribution in [0.25, 0.3) is 11.0 Å². The first-order valence-corrected chi connectivity index (χ1v) is 8.07. The van der Waals surface area contributed by atoms with Crippen LogP contribution in [0, 0.1) is 0 Å². The van der Waals surface area contributed by atoms with Crippen LogP contribution in [-0.2, 0) is 10.5 Å². The molecule has 1 aliphatic heterocycles. The van der Waals surface area contributed by atoms with Crippen LogP contribution in [0.4, 0.5) is 0 Å². The molecule has 5 heteroatoms. The lowest BCUT2D eigenvalue weighted by Crippen LogP contribution is -2.40. The summed E-state index contributed by atoms with van der Waals surface area (Å²) < 4.78 is 11.1. The fourth-order valence-electron chi connectivity index (χ4n) is 2.47. The van der Waals surface area contributed by atoms with Crippen LogP contribution in [0.15, 0.2) is 28.7 Å². The largest absolute Gasteiger partial charge is 0.451 e. The lowest BCUT2D eigenvalue weighted by molar-refractivity contribution is 0.0283. The van der Waals surface area contributed by atoms with Crippen molar-refractivity contribution in [1.29, 1.82) is 0 Å². The Bertz CT molecular complexity index is 617. The Labute approximate surface area is 122 Å². The van der Waals surface area contributed by atoms with Crippen molar-refractivity contribution in [2.45, 2.75) is 5.75 Å². The number of furan rings is 1. The monoisotopic (exact) mass is 291 g/mol. The van der Waals surface area contributed by atoms with Gasteiger partial charge < -0.3 is 14.1 Å². The summed E-state index contributed by atoms with van der Waals surface area (Å²) in [5.41, 5.74) is 1.79. The predicted octanol–water partition coefficient (Wildman–Crippen LogP) is 2.77. The van der Waals surface area contributed by atoms with Crippen LogP contribution < -0.4 is 0 Å². The Balaban J connectivity index is 2.00. The fourth-order valence-corrected chi connectivity index (χ4v) is 3.04. The van der Waals surface area contributed by atoms with E-state index in [1.165, 1.54) is 0 Å². The van der Waals surface area contributed by atoms with E-state index < -0.39 is 0 Å². The second-order valence-corrected chi connectivity index (χ2v) is 5.61. The third kappa shape index (κ3) is 2.43. The average Bonchev–Trinajstić information content (AvgIpc) is 2.87. The molecule has 3 rings (SSSR count). The number of rotatable bonds is 3. The van der Waals surface area contributed by atoms with Gasteiger partial charge in [-0.25, -0.2) is 0 Å². The highest BCUT2D eigenvalue weighted by Crippen LogP contribution is 2.29. The van der Waals surface area contributed by atoms with Crippen LogP contribution in [0.3, 0.4) is 0 Å². The van der Waals surface area contributed by atoms with Gasteiger partial charge in [-0.15, -0.1) is 0 Å². The van der Waals surface area contributed by atoms with E-state index in [0.29, 0.717) is 32.1 Å². The van der Waals surface area contributed by atoms with E-state index in [4.69, 9.17) is 9.15 Å². The van der Waals surface area contributed by atoms with E-state index >= 15 is 0 Å². The standard InChI is InChI=1S/C15H17NO3S/c1-20-10-12-11-4-2-3-5-13(11)19-14(12)15(17)16-6-8-18-9-7-16/h2-5H,6-10H2,1H3. The van der Waals surface area contributed by atoms with Crippen molar-refractivity contribution in [1.82, 2.24) is 4.90 Å². The molecule has 1 fully saturated rings. The molecular weight excluding hydrogens is 274 g/mol. The van der Waals surface area contributed by atoms with Crippen molar-refractivity contribution in [3.05, 3.63) is 35.6 Å². The van der Waals surface area contributed by atoms with Crippen LogP contribution >= 0.6 is 11.8 Å². The fraction of sp³-hybridized carbons (Fsp3) is 0.400. The van der Waals surface area contributed by atoms with Gasteiger partial charge in [0.2, 0.25) is 0 Å². The van der Waals surface area contributed by atoms with Gasteiger partial charge in [0, 0.05) is 29.8 Å². The number of hydrogen-bond acceptors (Lipinski definition) is 4. The number of para-hydroxylation sites is 1. The zero-order valence-corrected chi connectivity index (χ0v) is 12.2. The van der Waals surface area contributed by atoms with Crippen molar-refractivity contribution >= 4 is 28.6 Å². The summed E-state index contributed by atoms with van der Waals surface area (Å²) in [6.07, 6.45) is 2.03. The summed E-state index contributed by atoms with van der Waals surface area (Å²) >= 11 is 1.70. The lowest BCUT2D eigenvalue weighted by Gasteiger charge is -2.26. The molecule has 0 radical (unpaired) electrons.